The van der Waals surface area contributed by atoms with Crippen LogP contribution < -0.4 is 10.2 Å². The lowest BCUT2D eigenvalue weighted by atomic mass is 10.2. The minimum absolute atomic E-state index is 0.318. The van der Waals surface area contributed by atoms with Crippen molar-refractivity contribution < 1.29 is 4.39 Å². The normalized spacial score (nSPS) is 13.7. The van der Waals surface area contributed by atoms with Gasteiger partial charge in [0.25, 0.3) is 0 Å². The molecule has 0 radical (unpaired) electrons. The predicted molar refractivity (Wildman–Crippen MR) is 122 cm³/mol. The summed E-state index contributed by atoms with van der Waals surface area (Å²) in [5.41, 5.74) is 4.61. The largest absolute Gasteiger partial charge is 0.378 e. The first-order valence-corrected chi connectivity index (χ1v) is 10.5. The van der Waals surface area contributed by atoms with E-state index in [4.69, 9.17) is 9.97 Å². The fraction of sp³-hybridized carbons (Fsp3) is 0.217. The van der Waals surface area contributed by atoms with Crippen LogP contribution in [0.2, 0.25) is 0 Å². The second-order valence-electron chi connectivity index (χ2n) is 8.25. The molecule has 9 heteroatoms. The number of aromatic amines is 1. The maximum absolute atomic E-state index is 14.1. The summed E-state index contributed by atoms with van der Waals surface area (Å²) in [5, 5.41) is 3.38. The highest BCUT2D eigenvalue weighted by molar-refractivity contribution is 5.86. The zero-order chi connectivity index (χ0) is 21.8. The molecule has 160 valence electrons. The van der Waals surface area contributed by atoms with Gasteiger partial charge in [0.15, 0.2) is 11.5 Å². The molecule has 8 nitrogen and oxygen atoms in total. The van der Waals surface area contributed by atoms with Gasteiger partial charge in [0.1, 0.15) is 17.2 Å². The van der Waals surface area contributed by atoms with Crippen LogP contribution in [-0.4, -0.2) is 43.6 Å². The molecule has 0 bridgehead atoms. The summed E-state index contributed by atoms with van der Waals surface area (Å²) >= 11 is 0. The molecule has 6 rings (SSSR count). The van der Waals surface area contributed by atoms with E-state index >= 15 is 0 Å². The highest BCUT2D eigenvalue weighted by Crippen LogP contribution is 2.41. The average molecular weight is 428 g/mol. The average Bonchev–Trinajstić information content (AvgIpc) is 3.39. The van der Waals surface area contributed by atoms with Crippen molar-refractivity contribution in [3.63, 3.8) is 0 Å². The number of halogens is 1. The third-order valence-electron chi connectivity index (χ3n) is 5.71. The minimum Gasteiger partial charge on any atom is -0.378 e. The van der Waals surface area contributed by atoms with Crippen LogP contribution in [-0.2, 0) is 0 Å². The highest BCUT2D eigenvalue weighted by atomic mass is 19.1. The number of fused-ring (bicyclic) bond motifs is 2. The first-order chi connectivity index (χ1) is 15.6. The highest BCUT2D eigenvalue weighted by Gasteiger charge is 2.31. The smallest absolute Gasteiger partial charge is 0.239 e. The Labute approximate surface area is 183 Å². The molecule has 3 aromatic heterocycles. The summed E-state index contributed by atoms with van der Waals surface area (Å²) in [6, 6.07) is 12.7. The van der Waals surface area contributed by atoms with E-state index in [1.54, 1.807) is 12.4 Å². The number of anilines is 3. The monoisotopic (exact) mass is 428 g/mol. The lowest BCUT2D eigenvalue weighted by Crippen LogP contribution is -2.09. The number of benzene rings is 2. The number of aromatic nitrogens is 6. The van der Waals surface area contributed by atoms with Gasteiger partial charge in [-0.1, -0.05) is 0 Å². The number of hydrogen-bond donors (Lipinski definition) is 2. The third kappa shape index (κ3) is 3.13. The molecule has 0 amide bonds. The SMILES string of the molecule is CN(C)c1ccc(Nc2nc(-n3c(C4CC4)nc4ccc(F)cc43)nc3nc[nH]c23)cc1. The van der Waals surface area contributed by atoms with Gasteiger partial charge in [-0.2, -0.15) is 9.97 Å². The van der Waals surface area contributed by atoms with Gasteiger partial charge in [0.05, 0.1) is 17.4 Å². The van der Waals surface area contributed by atoms with Crippen molar-refractivity contribution >= 4 is 39.4 Å². The Hall–Kier alpha value is -4.01. The van der Waals surface area contributed by atoms with E-state index in [2.05, 4.69) is 20.3 Å². The first kappa shape index (κ1) is 18.7. The Bertz CT molecular complexity index is 1450. The topological polar surface area (TPSA) is 87.6 Å². The summed E-state index contributed by atoms with van der Waals surface area (Å²) in [5.74, 6) is 1.90. The molecular weight excluding hydrogens is 407 g/mol. The number of nitrogens with zero attached hydrogens (tertiary/aromatic N) is 6. The van der Waals surface area contributed by atoms with Crippen molar-refractivity contribution in [1.29, 1.82) is 0 Å². The van der Waals surface area contributed by atoms with Gasteiger partial charge in [-0.25, -0.2) is 14.4 Å². The van der Waals surface area contributed by atoms with Gasteiger partial charge < -0.3 is 15.2 Å². The molecule has 0 aliphatic heterocycles. The Morgan fingerprint density at radius 1 is 1.06 bits per heavy atom. The lowest BCUT2D eigenvalue weighted by Gasteiger charge is -2.14. The maximum Gasteiger partial charge on any atom is 0.239 e. The molecule has 0 saturated heterocycles. The second-order valence-corrected chi connectivity index (χ2v) is 8.25. The van der Waals surface area contributed by atoms with Crippen LogP contribution in [0.1, 0.15) is 24.6 Å². The van der Waals surface area contributed by atoms with E-state index in [1.807, 2.05) is 47.8 Å². The molecule has 1 saturated carbocycles. The Balaban J connectivity index is 1.50. The summed E-state index contributed by atoms with van der Waals surface area (Å²) in [4.78, 5) is 23.8. The molecule has 32 heavy (non-hydrogen) atoms. The molecule has 0 unspecified atom stereocenters. The molecular formula is C23H21FN8. The minimum atomic E-state index is -0.318. The maximum atomic E-state index is 14.1. The van der Waals surface area contributed by atoms with Crippen LogP contribution in [0, 0.1) is 5.82 Å². The number of hydrogen-bond acceptors (Lipinski definition) is 6. The van der Waals surface area contributed by atoms with Crippen LogP contribution in [0.15, 0.2) is 48.8 Å². The molecule has 0 spiro atoms. The van der Waals surface area contributed by atoms with Crippen molar-refractivity contribution in [1.82, 2.24) is 29.5 Å². The summed E-state index contributed by atoms with van der Waals surface area (Å²) in [6.07, 6.45) is 3.70. The van der Waals surface area contributed by atoms with Crippen LogP contribution in [0.25, 0.3) is 28.1 Å². The fourth-order valence-electron chi connectivity index (χ4n) is 3.88. The number of H-pyrrole nitrogens is 1. The van der Waals surface area contributed by atoms with E-state index in [1.165, 1.54) is 12.1 Å². The molecule has 2 aromatic carbocycles. The van der Waals surface area contributed by atoms with Crippen molar-refractivity contribution in [2.45, 2.75) is 18.8 Å². The van der Waals surface area contributed by atoms with E-state index in [-0.39, 0.29) is 5.82 Å². The van der Waals surface area contributed by atoms with Crippen molar-refractivity contribution in [2.75, 3.05) is 24.3 Å². The van der Waals surface area contributed by atoms with Gasteiger partial charge >= 0.3 is 0 Å². The standard InChI is InChI=1S/C23H21FN8/c1-31(2)16-8-6-15(7-9-16)27-21-19-20(26-12-25-19)29-23(30-21)32-18-11-14(24)5-10-17(18)28-22(32)13-3-4-13/h5-13H,3-4H2,1-2H3,(H2,25,26,27,29,30). The number of nitrogens with one attached hydrogen (secondary N) is 2. The van der Waals surface area contributed by atoms with E-state index in [0.29, 0.717) is 34.4 Å². The fourth-order valence-corrected chi connectivity index (χ4v) is 3.88. The molecule has 1 aliphatic rings. The van der Waals surface area contributed by atoms with E-state index in [0.717, 1.165) is 35.6 Å². The molecule has 1 aliphatic carbocycles. The molecule has 1 fully saturated rings. The molecule has 5 aromatic rings. The van der Waals surface area contributed by atoms with E-state index in [9.17, 15) is 4.39 Å². The van der Waals surface area contributed by atoms with Gasteiger partial charge in [-0.15, -0.1) is 0 Å². The molecule has 2 N–H and O–H groups in total. The van der Waals surface area contributed by atoms with Crippen molar-refractivity contribution in [3.05, 3.63) is 60.4 Å². The van der Waals surface area contributed by atoms with Crippen molar-refractivity contribution in [3.8, 4) is 5.95 Å². The van der Waals surface area contributed by atoms with Crippen LogP contribution >= 0.6 is 0 Å². The zero-order valence-electron chi connectivity index (χ0n) is 17.7. The molecule has 0 atom stereocenters. The quantitative estimate of drug-likeness (QED) is 0.428. The first-order valence-electron chi connectivity index (χ1n) is 10.5. The molecule has 3 heterocycles. The Morgan fingerprint density at radius 2 is 1.88 bits per heavy atom. The van der Waals surface area contributed by atoms with Gasteiger partial charge in [0, 0.05) is 37.5 Å². The number of imidazole rings is 2. The summed E-state index contributed by atoms with van der Waals surface area (Å²) < 4.78 is 16.0. The zero-order valence-corrected chi connectivity index (χ0v) is 17.7. The Morgan fingerprint density at radius 3 is 2.62 bits per heavy atom. The third-order valence-corrected chi connectivity index (χ3v) is 5.71. The summed E-state index contributed by atoms with van der Waals surface area (Å²) in [6.45, 7) is 0. The predicted octanol–water partition coefficient (Wildman–Crippen LogP) is 4.52. The van der Waals surface area contributed by atoms with Crippen LogP contribution in [0.3, 0.4) is 0 Å². The van der Waals surface area contributed by atoms with Crippen LogP contribution in [0.4, 0.5) is 21.6 Å². The van der Waals surface area contributed by atoms with Crippen molar-refractivity contribution in [2.24, 2.45) is 0 Å². The van der Waals surface area contributed by atoms with Crippen LogP contribution in [0.5, 0.6) is 0 Å². The Kier molecular flexibility index (Phi) is 4.11. The number of rotatable bonds is 5. The second kappa shape index (κ2) is 7.01. The lowest BCUT2D eigenvalue weighted by molar-refractivity contribution is 0.629. The van der Waals surface area contributed by atoms with Gasteiger partial charge in [0.2, 0.25) is 5.95 Å². The van der Waals surface area contributed by atoms with E-state index < -0.39 is 0 Å². The summed E-state index contributed by atoms with van der Waals surface area (Å²) in [7, 11) is 4.01. The van der Waals surface area contributed by atoms with Gasteiger partial charge in [-0.3, -0.25) is 4.57 Å². The van der Waals surface area contributed by atoms with Gasteiger partial charge in [-0.05, 0) is 49.2 Å².